The first-order valence-corrected chi connectivity index (χ1v) is 10.3. The molecular formula is C17H24FN3O3S. The average Bonchev–Trinajstić information content (AvgIpc) is 2.94. The van der Waals surface area contributed by atoms with Crippen molar-refractivity contribution in [1.29, 1.82) is 0 Å². The summed E-state index contributed by atoms with van der Waals surface area (Å²) in [5, 5.41) is 0. The first-order chi connectivity index (χ1) is 11.8. The summed E-state index contributed by atoms with van der Waals surface area (Å²) in [6.45, 7) is 2.38. The van der Waals surface area contributed by atoms with Crippen LogP contribution in [0.2, 0.25) is 0 Å². The highest BCUT2D eigenvalue weighted by Crippen LogP contribution is 2.22. The Kier molecular flexibility index (Phi) is 5.02. The summed E-state index contributed by atoms with van der Waals surface area (Å²) in [6, 6.07) is 4.62. The van der Waals surface area contributed by atoms with Crippen molar-refractivity contribution in [2.75, 3.05) is 56.7 Å². The smallest absolute Gasteiger partial charge is 0.254 e. The minimum Gasteiger partial charge on any atom is -0.375 e. The Morgan fingerprint density at radius 3 is 2.40 bits per heavy atom. The maximum atomic E-state index is 14.1. The minimum absolute atomic E-state index is 0.0686. The maximum absolute atomic E-state index is 14.1. The van der Waals surface area contributed by atoms with Crippen molar-refractivity contribution in [2.24, 2.45) is 0 Å². The van der Waals surface area contributed by atoms with Gasteiger partial charge in [-0.3, -0.25) is 9.69 Å². The maximum Gasteiger partial charge on any atom is 0.254 e. The van der Waals surface area contributed by atoms with Crippen molar-refractivity contribution in [2.45, 2.75) is 12.5 Å². The zero-order valence-electron chi connectivity index (χ0n) is 14.6. The molecule has 0 spiro atoms. The molecule has 2 fully saturated rings. The van der Waals surface area contributed by atoms with E-state index in [9.17, 15) is 17.6 Å². The van der Waals surface area contributed by atoms with Gasteiger partial charge < -0.3 is 9.80 Å². The zero-order chi connectivity index (χ0) is 18.2. The second kappa shape index (κ2) is 6.92. The summed E-state index contributed by atoms with van der Waals surface area (Å²) in [5.74, 6) is -0.111. The molecule has 0 aromatic heterocycles. The number of carbonyl (C=O) groups is 1. The Morgan fingerprint density at radius 2 is 1.88 bits per heavy atom. The fraction of sp³-hybridized carbons (Fsp3) is 0.588. The molecule has 3 rings (SSSR count). The van der Waals surface area contributed by atoms with E-state index < -0.39 is 15.7 Å². The molecule has 1 amide bonds. The number of sulfone groups is 1. The van der Waals surface area contributed by atoms with Crippen LogP contribution in [0, 0.1) is 5.82 Å². The molecule has 0 radical (unpaired) electrons. The summed E-state index contributed by atoms with van der Waals surface area (Å²) in [5.41, 5.74) is 0.795. The lowest BCUT2D eigenvalue weighted by Crippen LogP contribution is -2.52. The van der Waals surface area contributed by atoms with Crippen LogP contribution >= 0.6 is 0 Å². The molecule has 1 atom stereocenters. The third-order valence-corrected chi connectivity index (χ3v) is 6.75. The first-order valence-electron chi connectivity index (χ1n) is 8.47. The van der Waals surface area contributed by atoms with Crippen molar-refractivity contribution in [3.8, 4) is 0 Å². The van der Waals surface area contributed by atoms with Crippen LogP contribution in [-0.2, 0) is 9.84 Å². The first kappa shape index (κ1) is 18.1. The van der Waals surface area contributed by atoms with Gasteiger partial charge >= 0.3 is 0 Å². The Morgan fingerprint density at radius 1 is 1.20 bits per heavy atom. The van der Waals surface area contributed by atoms with Gasteiger partial charge in [-0.1, -0.05) is 0 Å². The molecule has 138 valence electrons. The highest BCUT2D eigenvalue weighted by atomic mass is 32.2. The third-order valence-electron chi connectivity index (χ3n) is 5.00. The lowest BCUT2D eigenvalue weighted by molar-refractivity contribution is 0.0587. The normalized spacial score (nSPS) is 23.6. The van der Waals surface area contributed by atoms with Crippen LogP contribution in [0.1, 0.15) is 16.8 Å². The standard InChI is InChI=1S/C17H24FN3O3S/c1-19(2)16-4-3-13(11-15(16)18)17(22)21-8-6-20(7-9-21)14-5-10-25(23,24)12-14/h3-4,11,14H,5-10,12H2,1-2H3. The van der Waals surface area contributed by atoms with E-state index in [1.54, 1.807) is 36.0 Å². The van der Waals surface area contributed by atoms with Crippen molar-refractivity contribution >= 4 is 21.4 Å². The summed E-state index contributed by atoms with van der Waals surface area (Å²) >= 11 is 0. The lowest BCUT2D eigenvalue weighted by atomic mass is 10.1. The number of amides is 1. The number of halogens is 1. The SMILES string of the molecule is CN(C)c1ccc(C(=O)N2CCN(C3CCS(=O)(=O)C3)CC2)cc1F. The molecule has 8 heteroatoms. The molecule has 0 N–H and O–H groups in total. The van der Waals surface area contributed by atoms with E-state index in [0.717, 1.165) is 0 Å². The third kappa shape index (κ3) is 3.95. The van der Waals surface area contributed by atoms with E-state index >= 15 is 0 Å². The van der Waals surface area contributed by atoms with Crippen molar-refractivity contribution in [1.82, 2.24) is 9.80 Å². The van der Waals surface area contributed by atoms with Gasteiger partial charge in [0.2, 0.25) is 0 Å². The molecule has 1 aromatic carbocycles. The molecule has 0 aliphatic carbocycles. The predicted molar refractivity (Wildman–Crippen MR) is 95.3 cm³/mol. The van der Waals surface area contributed by atoms with Crippen molar-refractivity contribution in [3.05, 3.63) is 29.6 Å². The van der Waals surface area contributed by atoms with Gasteiger partial charge in [-0.2, -0.15) is 0 Å². The van der Waals surface area contributed by atoms with E-state index in [-0.39, 0.29) is 23.5 Å². The van der Waals surface area contributed by atoms with Gasteiger partial charge in [0.1, 0.15) is 5.82 Å². The fourth-order valence-corrected chi connectivity index (χ4v) is 5.30. The Labute approximate surface area is 148 Å². The van der Waals surface area contributed by atoms with Crippen LogP contribution in [-0.4, -0.2) is 81.9 Å². The number of hydrogen-bond acceptors (Lipinski definition) is 5. The quantitative estimate of drug-likeness (QED) is 0.790. The number of nitrogens with zero attached hydrogens (tertiary/aromatic N) is 3. The number of carbonyl (C=O) groups excluding carboxylic acids is 1. The van der Waals surface area contributed by atoms with E-state index in [1.165, 1.54) is 6.07 Å². The van der Waals surface area contributed by atoms with Crippen molar-refractivity contribution in [3.63, 3.8) is 0 Å². The Bertz CT molecular complexity index is 758. The second-order valence-electron chi connectivity index (χ2n) is 6.95. The van der Waals surface area contributed by atoms with Gasteiger partial charge in [-0.25, -0.2) is 12.8 Å². The molecule has 2 aliphatic heterocycles. The number of rotatable bonds is 3. The monoisotopic (exact) mass is 369 g/mol. The van der Waals surface area contributed by atoms with Gasteiger partial charge in [0.05, 0.1) is 17.2 Å². The van der Waals surface area contributed by atoms with Gasteiger partial charge in [-0.15, -0.1) is 0 Å². The van der Waals surface area contributed by atoms with Gasteiger partial charge in [0, 0.05) is 51.9 Å². The number of anilines is 1. The molecule has 1 unspecified atom stereocenters. The lowest BCUT2D eigenvalue weighted by Gasteiger charge is -2.37. The second-order valence-corrected chi connectivity index (χ2v) is 9.17. The molecular weight excluding hydrogens is 345 g/mol. The van der Waals surface area contributed by atoms with Gasteiger partial charge in [0.15, 0.2) is 9.84 Å². The van der Waals surface area contributed by atoms with Crippen LogP contribution in [0.5, 0.6) is 0 Å². The molecule has 2 heterocycles. The molecule has 1 aromatic rings. The number of hydrogen-bond donors (Lipinski definition) is 0. The molecule has 2 aliphatic rings. The summed E-state index contributed by atoms with van der Waals surface area (Å²) < 4.78 is 37.3. The van der Waals surface area contributed by atoms with Gasteiger partial charge in [-0.05, 0) is 24.6 Å². The molecule has 6 nitrogen and oxygen atoms in total. The Hall–Kier alpha value is -1.67. The van der Waals surface area contributed by atoms with E-state index in [0.29, 0.717) is 43.9 Å². The van der Waals surface area contributed by atoms with Crippen LogP contribution in [0.25, 0.3) is 0 Å². The number of piperazine rings is 1. The highest BCUT2D eigenvalue weighted by molar-refractivity contribution is 7.91. The Balaban J connectivity index is 1.61. The number of benzene rings is 1. The predicted octanol–water partition coefficient (Wildman–Crippen LogP) is 0.837. The fourth-order valence-electron chi connectivity index (χ4n) is 3.54. The average molecular weight is 369 g/mol. The van der Waals surface area contributed by atoms with Crippen LogP contribution in [0.15, 0.2) is 18.2 Å². The zero-order valence-corrected chi connectivity index (χ0v) is 15.4. The van der Waals surface area contributed by atoms with Crippen LogP contribution in [0.3, 0.4) is 0 Å². The molecule has 25 heavy (non-hydrogen) atoms. The molecule has 0 saturated carbocycles. The van der Waals surface area contributed by atoms with Gasteiger partial charge in [0.25, 0.3) is 5.91 Å². The van der Waals surface area contributed by atoms with E-state index in [2.05, 4.69) is 4.90 Å². The highest BCUT2D eigenvalue weighted by Gasteiger charge is 2.34. The van der Waals surface area contributed by atoms with Crippen LogP contribution < -0.4 is 4.90 Å². The summed E-state index contributed by atoms with van der Waals surface area (Å²) in [7, 11) is 0.603. The summed E-state index contributed by atoms with van der Waals surface area (Å²) in [4.78, 5) is 18.1. The largest absolute Gasteiger partial charge is 0.375 e. The molecule has 2 saturated heterocycles. The van der Waals surface area contributed by atoms with E-state index in [1.807, 2.05) is 0 Å². The topological polar surface area (TPSA) is 60.9 Å². The van der Waals surface area contributed by atoms with Crippen LogP contribution in [0.4, 0.5) is 10.1 Å². The molecule has 0 bridgehead atoms. The van der Waals surface area contributed by atoms with E-state index in [4.69, 9.17) is 0 Å². The van der Waals surface area contributed by atoms with Crippen molar-refractivity contribution < 1.29 is 17.6 Å². The summed E-state index contributed by atoms with van der Waals surface area (Å²) in [6.07, 6.45) is 0.674. The minimum atomic E-state index is -2.90.